The number of hydrogen-bond donors (Lipinski definition) is 0. The zero-order valence-electron chi connectivity index (χ0n) is 39.7. The maximum atomic E-state index is 5.91. The number of benzene rings is 8. The van der Waals surface area contributed by atoms with Gasteiger partial charge in [-0.2, -0.15) is 0 Å². The van der Waals surface area contributed by atoms with Crippen molar-refractivity contribution in [3.63, 3.8) is 0 Å². The van der Waals surface area contributed by atoms with Gasteiger partial charge in [0.15, 0.2) is 0 Å². The molecule has 0 saturated carbocycles. The topological polar surface area (TPSA) is 26.6 Å². The zero-order valence-corrected chi connectivity index (χ0v) is 39.7. The van der Waals surface area contributed by atoms with Crippen molar-refractivity contribution in [2.45, 2.75) is 78.6 Å². The maximum absolute atomic E-state index is 5.91. The molecule has 8 aromatic carbocycles. The van der Waals surface area contributed by atoms with E-state index in [4.69, 9.17) is 4.98 Å². The molecule has 14 rings (SSSR count). The Kier molecular flexibility index (Phi) is 7.36. The molecular weight excluding hydrogens is 813 g/mol. The van der Waals surface area contributed by atoms with Gasteiger partial charge in [0.2, 0.25) is 0 Å². The van der Waals surface area contributed by atoms with E-state index in [9.17, 15) is 0 Å². The first-order valence-electron chi connectivity index (χ1n) is 24.0. The summed E-state index contributed by atoms with van der Waals surface area (Å²) < 4.78 is 7.49. The Labute approximate surface area is 389 Å². The predicted octanol–water partition coefficient (Wildman–Crippen LogP) is 17.2. The van der Waals surface area contributed by atoms with E-state index in [2.05, 4.69) is 227 Å². The Morgan fingerprint density at radius 1 is 0.358 bits per heavy atom. The first-order chi connectivity index (χ1) is 32.1. The van der Waals surface area contributed by atoms with E-state index >= 15 is 0 Å². The van der Waals surface area contributed by atoms with E-state index < -0.39 is 0 Å². The summed E-state index contributed by atoms with van der Waals surface area (Å²) in [5, 5.41) is 13.8. The lowest BCUT2D eigenvalue weighted by molar-refractivity contribution is 0.590. The van der Waals surface area contributed by atoms with E-state index in [0.29, 0.717) is 0 Å². The van der Waals surface area contributed by atoms with Crippen molar-refractivity contribution in [1.29, 1.82) is 0 Å². The van der Waals surface area contributed by atoms with Crippen LogP contribution in [0.4, 0.5) is 0 Å². The highest BCUT2D eigenvalue weighted by Gasteiger charge is 2.29. The molecule has 324 valence electrons. The van der Waals surface area contributed by atoms with Crippen LogP contribution in [-0.2, 0) is 16.2 Å². The summed E-state index contributed by atoms with van der Waals surface area (Å²) in [5.41, 5.74) is 18.2. The molecule has 0 atom stereocenters. The highest BCUT2D eigenvalue weighted by molar-refractivity contribution is 6.30. The van der Waals surface area contributed by atoms with Crippen molar-refractivity contribution in [3.05, 3.63) is 168 Å². The minimum Gasteiger partial charge on any atom is -0.309 e. The number of nitrogens with zero attached hydrogens (tertiary/aromatic N) is 4. The molecule has 0 fully saturated rings. The van der Waals surface area contributed by atoms with Crippen LogP contribution in [0.25, 0.3) is 126 Å². The zero-order chi connectivity index (χ0) is 45.6. The standard InChI is InChI=1S/C63H52N4/c1-61(2,3)37-24-26-53-44(29-37)46-30-38(62(4,5)6)32-48-49-34-54-56(64-60(49)67(53)57(46)48)50-33-39(63(7,8)9)31-47-45-27-35-17-13-14-20-41(35)55(59(45)66(54)58(47)50)36-23-25-52-43(28-36)42-21-15-16-22-51(42)65(52)40-18-11-10-12-19-40/h10-34H,1-9H3. The second-order valence-corrected chi connectivity index (χ2v) is 22.5. The van der Waals surface area contributed by atoms with Gasteiger partial charge in [-0.15, -0.1) is 0 Å². The first-order valence-corrected chi connectivity index (χ1v) is 24.0. The number of fused-ring (bicyclic) bond motifs is 16. The Morgan fingerprint density at radius 2 is 0.910 bits per heavy atom. The summed E-state index contributed by atoms with van der Waals surface area (Å²) in [4.78, 5) is 5.91. The van der Waals surface area contributed by atoms with Gasteiger partial charge in [0, 0.05) is 59.7 Å². The molecule has 0 aliphatic carbocycles. The van der Waals surface area contributed by atoms with Gasteiger partial charge in [-0.05, 0) is 128 Å². The van der Waals surface area contributed by atoms with E-state index in [1.807, 2.05) is 0 Å². The van der Waals surface area contributed by atoms with Crippen molar-refractivity contribution in [1.82, 2.24) is 18.4 Å². The van der Waals surface area contributed by atoms with Gasteiger partial charge >= 0.3 is 0 Å². The maximum Gasteiger partial charge on any atom is 0.146 e. The van der Waals surface area contributed by atoms with Crippen LogP contribution in [0.2, 0.25) is 0 Å². The van der Waals surface area contributed by atoms with E-state index in [-0.39, 0.29) is 16.2 Å². The molecular formula is C63H52N4. The smallest absolute Gasteiger partial charge is 0.146 e. The van der Waals surface area contributed by atoms with E-state index in [0.717, 1.165) is 16.7 Å². The average molecular weight is 865 g/mol. The summed E-state index contributed by atoms with van der Waals surface area (Å²) in [7, 11) is 0. The van der Waals surface area contributed by atoms with Crippen molar-refractivity contribution >= 4 is 109 Å². The molecule has 0 amide bonds. The third-order valence-corrected chi connectivity index (χ3v) is 15.3. The van der Waals surface area contributed by atoms with Gasteiger partial charge in [0.05, 0.1) is 44.1 Å². The fourth-order valence-corrected chi connectivity index (χ4v) is 11.8. The Balaban J connectivity index is 1.17. The van der Waals surface area contributed by atoms with Crippen LogP contribution in [0, 0.1) is 0 Å². The van der Waals surface area contributed by atoms with Crippen LogP contribution in [0.3, 0.4) is 0 Å². The van der Waals surface area contributed by atoms with Gasteiger partial charge in [0.1, 0.15) is 5.65 Å². The second kappa shape index (κ2) is 12.7. The number of hydrogen-bond acceptors (Lipinski definition) is 1. The van der Waals surface area contributed by atoms with Crippen molar-refractivity contribution in [2.24, 2.45) is 0 Å². The van der Waals surface area contributed by atoms with Crippen LogP contribution >= 0.6 is 0 Å². The summed E-state index contributed by atoms with van der Waals surface area (Å²) in [6.07, 6.45) is 0. The highest BCUT2D eigenvalue weighted by atomic mass is 15.0. The minimum absolute atomic E-state index is 0.0326. The third kappa shape index (κ3) is 5.16. The van der Waals surface area contributed by atoms with Gasteiger partial charge < -0.3 is 8.97 Å². The molecule has 0 N–H and O–H groups in total. The van der Waals surface area contributed by atoms with Crippen LogP contribution in [0.1, 0.15) is 79.0 Å². The Hall–Kier alpha value is -7.43. The van der Waals surface area contributed by atoms with Crippen LogP contribution in [-0.4, -0.2) is 18.4 Å². The second-order valence-electron chi connectivity index (χ2n) is 22.5. The number of aromatic nitrogens is 4. The summed E-state index contributed by atoms with van der Waals surface area (Å²) in [6, 6.07) is 57.7. The molecule has 0 unspecified atom stereocenters. The molecule has 4 heteroatoms. The number of para-hydroxylation sites is 2. The Morgan fingerprint density at radius 3 is 1.64 bits per heavy atom. The fourth-order valence-electron chi connectivity index (χ4n) is 11.8. The largest absolute Gasteiger partial charge is 0.309 e. The lowest BCUT2D eigenvalue weighted by atomic mass is 9.84. The van der Waals surface area contributed by atoms with Crippen molar-refractivity contribution in [3.8, 4) is 16.8 Å². The van der Waals surface area contributed by atoms with Crippen LogP contribution < -0.4 is 0 Å². The predicted molar refractivity (Wildman–Crippen MR) is 287 cm³/mol. The molecule has 0 aliphatic heterocycles. The van der Waals surface area contributed by atoms with Crippen LogP contribution in [0.15, 0.2) is 152 Å². The SMILES string of the molecule is CC(C)(C)c1ccc2c(c1)c1cc(C(C)(C)C)cc3c4cc5c(nc4n2c13)c1cc(C(C)(C)C)cc2c3cc4ccccc4c(-c4ccc6c(c4)c4ccccc4n6-c4ccccc4)c3n5c21. The van der Waals surface area contributed by atoms with Gasteiger partial charge in [0.25, 0.3) is 0 Å². The lowest BCUT2D eigenvalue weighted by Gasteiger charge is -2.20. The quantitative estimate of drug-likeness (QED) is 0.170. The third-order valence-electron chi connectivity index (χ3n) is 15.3. The lowest BCUT2D eigenvalue weighted by Crippen LogP contribution is -2.11. The molecule has 0 aliphatic rings. The molecule has 0 radical (unpaired) electrons. The van der Waals surface area contributed by atoms with E-state index in [1.54, 1.807) is 0 Å². The fraction of sp³-hybridized carbons (Fsp3) is 0.190. The summed E-state index contributed by atoms with van der Waals surface area (Å²) in [5.74, 6) is 0. The monoisotopic (exact) mass is 864 g/mol. The van der Waals surface area contributed by atoms with E-state index in [1.165, 1.54) is 126 Å². The number of pyridine rings is 1. The molecule has 4 nitrogen and oxygen atoms in total. The highest BCUT2D eigenvalue weighted by Crippen LogP contribution is 2.50. The minimum atomic E-state index is -0.0799. The number of rotatable bonds is 2. The molecule has 0 bridgehead atoms. The molecule has 0 spiro atoms. The van der Waals surface area contributed by atoms with Gasteiger partial charge in [-0.25, -0.2) is 4.98 Å². The molecule has 0 saturated heterocycles. The normalized spacial score (nSPS) is 13.4. The van der Waals surface area contributed by atoms with Gasteiger partial charge in [-0.3, -0.25) is 4.40 Å². The first kappa shape index (κ1) is 38.8. The Bertz CT molecular complexity index is 4420. The molecule has 14 aromatic rings. The molecule has 67 heavy (non-hydrogen) atoms. The van der Waals surface area contributed by atoms with Crippen LogP contribution in [0.5, 0.6) is 0 Å². The molecule has 6 aromatic heterocycles. The summed E-state index contributed by atoms with van der Waals surface area (Å²) >= 11 is 0. The van der Waals surface area contributed by atoms with Crippen molar-refractivity contribution < 1.29 is 0 Å². The van der Waals surface area contributed by atoms with Gasteiger partial charge in [-0.1, -0.05) is 135 Å². The van der Waals surface area contributed by atoms with Crippen molar-refractivity contribution in [2.75, 3.05) is 0 Å². The molecule has 6 heterocycles. The summed E-state index contributed by atoms with van der Waals surface area (Å²) in [6.45, 7) is 21.0. The average Bonchev–Trinajstić information content (AvgIpc) is 4.09.